The molecule has 4 nitrogen and oxygen atoms in total. The summed E-state index contributed by atoms with van der Waals surface area (Å²) in [6.45, 7) is 2.67. The molecule has 18 heavy (non-hydrogen) atoms. The lowest BCUT2D eigenvalue weighted by Crippen LogP contribution is -2.15. The summed E-state index contributed by atoms with van der Waals surface area (Å²) in [5.41, 5.74) is 1.19. The minimum atomic E-state index is 0.765. The molecule has 0 fully saturated rings. The molecule has 0 aliphatic carbocycles. The zero-order valence-electron chi connectivity index (χ0n) is 11.5. The molecule has 0 aromatic heterocycles. The summed E-state index contributed by atoms with van der Waals surface area (Å²) >= 11 is 0. The van der Waals surface area contributed by atoms with Crippen molar-refractivity contribution in [2.75, 3.05) is 34.5 Å². The highest BCUT2D eigenvalue weighted by molar-refractivity contribution is 5.42. The molecule has 0 amide bonds. The zero-order valence-corrected chi connectivity index (χ0v) is 11.5. The van der Waals surface area contributed by atoms with Gasteiger partial charge in [-0.25, -0.2) is 0 Å². The first kappa shape index (κ1) is 14.8. The minimum absolute atomic E-state index is 0.765. The van der Waals surface area contributed by atoms with Crippen molar-refractivity contribution in [2.24, 2.45) is 0 Å². The van der Waals surface area contributed by atoms with Gasteiger partial charge in [-0.2, -0.15) is 0 Å². The summed E-state index contributed by atoms with van der Waals surface area (Å²) in [6.07, 6.45) is 2.22. The van der Waals surface area contributed by atoms with Crippen molar-refractivity contribution in [3.05, 3.63) is 23.8 Å². The third-order valence-corrected chi connectivity index (χ3v) is 2.73. The molecular weight excluding hydrogens is 230 g/mol. The summed E-state index contributed by atoms with van der Waals surface area (Å²) in [7, 11) is 5.03. The van der Waals surface area contributed by atoms with Gasteiger partial charge in [-0.3, -0.25) is 0 Å². The first-order valence-electron chi connectivity index (χ1n) is 6.22. The van der Waals surface area contributed by atoms with Crippen LogP contribution in [0.15, 0.2) is 18.2 Å². The standard InChI is InChI=1S/C14H23NO3/c1-16-9-5-4-8-15-11-12-6-7-13(17-2)14(10-12)18-3/h6-7,10,15H,4-5,8-9,11H2,1-3H3. The van der Waals surface area contributed by atoms with E-state index in [1.54, 1.807) is 21.3 Å². The van der Waals surface area contributed by atoms with Gasteiger partial charge < -0.3 is 19.5 Å². The molecule has 0 atom stereocenters. The van der Waals surface area contributed by atoms with Gasteiger partial charge in [0.25, 0.3) is 0 Å². The van der Waals surface area contributed by atoms with E-state index in [9.17, 15) is 0 Å². The zero-order chi connectivity index (χ0) is 13.2. The van der Waals surface area contributed by atoms with Crippen molar-refractivity contribution in [1.29, 1.82) is 0 Å². The highest BCUT2D eigenvalue weighted by atomic mass is 16.5. The summed E-state index contributed by atoms with van der Waals surface area (Å²) in [5.74, 6) is 1.54. The van der Waals surface area contributed by atoms with Gasteiger partial charge in [0, 0.05) is 20.3 Å². The molecule has 1 aromatic carbocycles. The first-order chi connectivity index (χ1) is 8.81. The van der Waals surface area contributed by atoms with Crippen LogP contribution in [-0.2, 0) is 11.3 Å². The molecule has 1 rings (SSSR count). The van der Waals surface area contributed by atoms with E-state index in [4.69, 9.17) is 14.2 Å². The Morgan fingerprint density at radius 2 is 1.78 bits per heavy atom. The predicted octanol–water partition coefficient (Wildman–Crippen LogP) is 2.22. The van der Waals surface area contributed by atoms with E-state index in [2.05, 4.69) is 5.32 Å². The van der Waals surface area contributed by atoms with Crippen LogP contribution >= 0.6 is 0 Å². The molecule has 102 valence electrons. The van der Waals surface area contributed by atoms with Crippen LogP contribution in [0.5, 0.6) is 11.5 Å². The average molecular weight is 253 g/mol. The van der Waals surface area contributed by atoms with Crippen LogP contribution in [0.4, 0.5) is 0 Å². The van der Waals surface area contributed by atoms with Crippen LogP contribution < -0.4 is 14.8 Å². The Morgan fingerprint density at radius 3 is 2.44 bits per heavy atom. The van der Waals surface area contributed by atoms with Crippen LogP contribution in [-0.4, -0.2) is 34.5 Å². The number of benzene rings is 1. The van der Waals surface area contributed by atoms with Crippen LogP contribution in [0.1, 0.15) is 18.4 Å². The quantitative estimate of drug-likeness (QED) is 0.685. The topological polar surface area (TPSA) is 39.7 Å². The molecule has 0 unspecified atom stereocenters. The number of nitrogens with one attached hydrogen (secondary N) is 1. The molecule has 0 heterocycles. The third-order valence-electron chi connectivity index (χ3n) is 2.73. The van der Waals surface area contributed by atoms with E-state index in [0.29, 0.717) is 0 Å². The van der Waals surface area contributed by atoms with Crippen molar-refractivity contribution in [2.45, 2.75) is 19.4 Å². The van der Waals surface area contributed by atoms with Crippen molar-refractivity contribution < 1.29 is 14.2 Å². The van der Waals surface area contributed by atoms with Gasteiger partial charge in [-0.1, -0.05) is 6.07 Å². The highest BCUT2D eigenvalue weighted by Crippen LogP contribution is 2.27. The van der Waals surface area contributed by atoms with Crippen LogP contribution in [0.2, 0.25) is 0 Å². The second-order valence-electron chi connectivity index (χ2n) is 4.07. The van der Waals surface area contributed by atoms with Crippen LogP contribution in [0, 0.1) is 0 Å². The summed E-state index contributed by atoms with van der Waals surface area (Å²) in [6, 6.07) is 5.98. The average Bonchev–Trinajstić information content (AvgIpc) is 2.42. The lowest BCUT2D eigenvalue weighted by atomic mass is 10.2. The lowest BCUT2D eigenvalue weighted by molar-refractivity contribution is 0.192. The number of rotatable bonds is 9. The Morgan fingerprint density at radius 1 is 1.00 bits per heavy atom. The maximum absolute atomic E-state index is 5.27. The van der Waals surface area contributed by atoms with Crippen molar-refractivity contribution in [3.8, 4) is 11.5 Å². The van der Waals surface area contributed by atoms with Gasteiger partial charge in [0.05, 0.1) is 14.2 Å². The minimum Gasteiger partial charge on any atom is -0.493 e. The number of unbranched alkanes of at least 4 members (excludes halogenated alkanes) is 1. The monoisotopic (exact) mass is 253 g/mol. The fourth-order valence-electron chi connectivity index (χ4n) is 1.72. The fourth-order valence-corrected chi connectivity index (χ4v) is 1.72. The maximum Gasteiger partial charge on any atom is 0.161 e. The molecule has 0 spiro atoms. The number of methoxy groups -OCH3 is 3. The Balaban J connectivity index is 2.34. The molecule has 0 saturated heterocycles. The molecule has 0 saturated carbocycles. The first-order valence-corrected chi connectivity index (χ1v) is 6.22. The smallest absolute Gasteiger partial charge is 0.161 e. The van der Waals surface area contributed by atoms with Gasteiger partial charge in [-0.05, 0) is 37.1 Å². The number of hydrogen-bond donors (Lipinski definition) is 1. The van der Waals surface area contributed by atoms with Gasteiger partial charge in [0.2, 0.25) is 0 Å². The third kappa shape index (κ3) is 4.94. The fraction of sp³-hybridized carbons (Fsp3) is 0.571. The Bertz CT molecular complexity index is 342. The predicted molar refractivity (Wildman–Crippen MR) is 72.4 cm³/mol. The largest absolute Gasteiger partial charge is 0.493 e. The van der Waals surface area contributed by atoms with E-state index < -0.39 is 0 Å². The number of hydrogen-bond acceptors (Lipinski definition) is 4. The van der Waals surface area contributed by atoms with E-state index in [-0.39, 0.29) is 0 Å². The van der Waals surface area contributed by atoms with Crippen LogP contribution in [0.25, 0.3) is 0 Å². The Kier molecular flexibility index (Phi) is 7.22. The van der Waals surface area contributed by atoms with Crippen molar-refractivity contribution >= 4 is 0 Å². The summed E-state index contributed by atoms with van der Waals surface area (Å²) in [5, 5.41) is 3.40. The Labute approximate surface area is 109 Å². The van der Waals surface area contributed by atoms with Crippen molar-refractivity contribution in [1.82, 2.24) is 5.32 Å². The van der Waals surface area contributed by atoms with Crippen molar-refractivity contribution in [3.63, 3.8) is 0 Å². The molecular formula is C14H23NO3. The van der Waals surface area contributed by atoms with Gasteiger partial charge >= 0.3 is 0 Å². The lowest BCUT2D eigenvalue weighted by Gasteiger charge is -2.10. The molecule has 4 heteroatoms. The Hall–Kier alpha value is -1.26. The molecule has 0 bridgehead atoms. The molecule has 1 N–H and O–H groups in total. The van der Waals surface area contributed by atoms with E-state index in [0.717, 1.165) is 44.0 Å². The van der Waals surface area contributed by atoms with Gasteiger partial charge in [0.15, 0.2) is 11.5 Å². The normalized spacial score (nSPS) is 10.4. The van der Waals surface area contributed by atoms with Gasteiger partial charge in [-0.15, -0.1) is 0 Å². The SMILES string of the molecule is COCCCCNCc1ccc(OC)c(OC)c1. The van der Waals surface area contributed by atoms with Gasteiger partial charge in [0.1, 0.15) is 0 Å². The maximum atomic E-state index is 5.27. The molecule has 1 aromatic rings. The highest BCUT2D eigenvalue weighted by Gasteiger charge is 2.03. The molecule has 0 radical (unpaired) electrons. The molecule has 0 aliphatic heterocycles. The number of ether oxygens (including phenoxy) is 3. The second-order valence-corrected chi connectivity index (χ2v) is 4.07. The summed E-state index contributed by atoms with van der Waals surface area (Å²) in [4.78, 5) is 0. The summed E-state index contributed by atoms with van der Waals surface area (Å²) < 4.78 is 15.5. The van der Waals surface area contributed by atoms with E-state index in [1.807, 2.05) is 18.2 Å². The van der Waals surface area contributed by atoms with E-state index >= 15 is 0 Å². The second kappa shape index (κ2) is 8.78. The van der Waals surface area contributed by atoms with E-state index in [1.165, 1.54) is 5.56 Å². The molecule has 0 aliphatic rings. The van der Waals surface area contributed by atoms with Crippen LogP contribution in [0.3, 0.4) is 0 Å².